The zero-order chi connectivity index (χ0) is 21.8. The highest BCUT2D eigenvalue weighted by atomic mass is 35.5. The molecule has 0 aliphatic carbocycles. The Balaban J connectivity index is 1.55. The highest BCUT2D eigenvalue weighted by molar-refractivity contribution is 6.30. The predicted molar refractivity (Wildman–Crippen MR) is 122 cm³/mol. The van der Waals surface area contributed by atoms with Gasteiger partial charge in [-0.25, -0.2) is 9.97 Å². The Kier molecular flexibility index (Phi) is 6.28. The molecule has 3 aromatic rings. The average molecular weight is 435 g/mol. The Morgan fingerprint density at radius 1 is 1.00 bits per heavy atom. The van der Waals surface area contributed by atoms with Gasteiger partial charge in [-0.15, -0.1) is 0 Å². The van der Waals surface area contributed by atoms with Crippen LogP contribution >= 0.6 is 11.6 Å². The molecule has 1 aliphatic rings. The van der Waals surface area contributed by atoms with Gasteiger partial charge >= 0.3 is 0 Å². The van der Waals surface area contributed by atoms with Crippen LogP contribution in [0.1, 0.15) is 30.1 Å². The number of amides is 1. The zero-order valence-electron chi connectivity index (χ0n) is 17.2. The maximum atomic E-state index is 13.3. The molecule has 4 rings (SSSR count). The second-order valence-corrected chi connectivity index (χ2v) is 8.06. The van der Waals surface area contributed by atoms with Crippen LogP contribution in [0.4, 0.5) is 11.6 Å². The zero-order valence-corrected chi connectivity index (χ0v) is 18.0. The van der Waals surface area contributed by atoms with Crippen LogP contribution in [0.2, 0.25) is 5.02 Å². The topological polar surface area (TPSA) is 75.2 Å². The van der Waals surface area contributed by atoms with E-state index in [1.54, 1.807) is 24.5 Å². The van der Waals surface area contributed by atoms with E-state index in [0.717, 1.165) is 24.2 Å². The van der Waals surface area contributed by atoms with Crippen LogP contribution in [-0.2, 0) is 4.79 Å². The summed E-state index contributed by atoms with van der Waals surface area (Å²) in [4.78, 5) is 35.8. The number of benzene rings is 2. The van der Waals surface area contributed by atoms with Crippen LogP contribution in [-0.4, -0.2) is 34.7 Å². The molecule has 7 heteroatoms. The molecular formula is C24H23ClN4O2. The number of anilines is 2. The lowest BCUT2D eigenvalue weighted by Crippen LogP contribution is -2.37. The Bertz CT molecular complexity index is 1100. The lowest BCUT2D eigenvalue weighted by molar-refractivity contribution is -0.114. The molecule has 1 N–H and O–H groups in total. The number of hydrogen-bond acceptors (Lipinski definition) is 5. The Morgan fingerprint density at radius 2 is 1.71 bits per heavy atom. The minimum atomic E-state index is -0.215. The molecule has 158 valence electrons. The molecule has 2 heterocycles. The van der Waals surface area contributed by atoms with E-state index in [0.29, 0.717) is 35.1 Å². The highest BCUT2D eigenvalue weighted by Crippen LogP contribution is 2.31. The van der Waals surface area contributed by atoms with Gasteiger partial charge in [0.15, 0.2) is 5.78 Å². The summed E-state index contributed by atoms with van der Waals surface area (Å²) in [6.07, 6.45) is 4.88. The van der Waals surface area contributed by atoms with Crippen LogP contribution < -0.4 is 10.2 Å². The van der Waals surface area contributed by atoms with E-state index in [-0.39, 0.29) is 17.6 Å². The SMILES string of the molecule is CC(=O)Nc1cc(-c2cccc(Cl)c2)ccc1C(=O)C1CCN(c2ncccn2)CC1. The van der Waals surface area contributed by atoms with Crippen molar-refractivity contribution in [2.24, 2.45) is 5.92 Å². The van der Waals surface area contributed by atoms with E-state index >= 15 is 0 Å². The summed E-state index contributed by atoms with van der Waals surface area (Å²) in [6, 6.07) is 14.8. The number of carbonyl (C=O) groups is 2. The smallest absolute Gasteiger partial charge is 0.225 e. The quantitative estimate of drug-likeness (QED) is 0.580. The molecule has 0 unspecified atom stereocenters. The number of ketones is 1. The number of rotatable bonds is 5. The third kappa shape index (κ3) is 4.91. The number of halogens is 1. The molecule has 0 atom stereocenters. The van der Waals surface area contributed by atoms with Gasteiger partial charge in [-0.05, 0) is 54.3 Å². The van der Waals surface area contributed by atoms with Gasteiger partial charge in [-0.1, -0.05) is 29.8 Å². The molecule has 1 amide bonds. The van der Waals surface area contributed by atoms with Crippen LogP contribution in [0.5, 0.6) is 0 Å². The van der Waals surface area contributed by atoms with Crippen molar-refractivity contribution >= 4 is 34.9 Å². The van der Waals surface area contributed by atoms with E-state index in [2.05, 4.69) is 20.2 Å². The largest absolute Gasteiger partial charge is 0.341 e. The first kappa shape index (κ1) is 21.0. The molecule has 6 nitrogen and oxygen atoms in total. The van der Waals surface area contributed by atoms with E-state index in [1.165, 1.54) is 6.92 Å². The lowest BCUT2D eigenvalue weighted by Gasteiger charge is -2.31. The molecule has 2 aromatic carbocycles. The number of carbonyl (C=O) groups excluding carboxylic acids is 2. The van der Waals surface area contributed by atoms with Crippen molar-refractivity contribution in [1.82, 2.24) is 9.97 Å². The van der Waals surface area contributed by atoms with E-state index in [4.69, 9.17) is 11.6 Å². The first-order valence-electron chi connectivity index (χ1n) is 10.2. The number of hydrogen-bond donors (Lipinski definition) is 1. The molecule has 0 saturated carbocycles. The number of Topliss-reactive ketones (excluding diaryl/α,β-unsaturated/α-hetero) is 1. The van der Waals surface area contributed by atoms with Gasteiger partial charge < -0.3 is 10.2 Å². The monoisotopic (exact) mass is 434 g/mol. The van der Waals surface area contributed by atoms with Crippen molar-refractivity contribution in [1.29, 1.82) is 0 Å². The van der Waals surface area contributed by atoms with E-state index in [1.807, 2.05) is 36.4 Å². The fourth-order valence-corrected chi connectivity index (χ4v) is 4.11. The van der Waals surface area contributed by atoms with E-state index in [9.17, 15) is 9.59 Å². The summed E-state index contributed by atoms with van der Waals surface area (Å²) >= 11 is 6.12. The predicted octanol–water partition coefficient (Wildman–Crippen LogP) is 4.85. The normalized spacial score (nSPS) is 14.3. The van der Waals surface area contributed by atoms with Crippen molar-refractivity contribution < 1.29 is 9.59 Å². The molecule has 1 aliphatic heterocycles. The summed E-state index contributed by atoms with van der Waals surface area (Å²) in [6.45, 7) is 2.88. The second-order valence-electron chi connectivity index (χ2n) is 7.63. The van der Waals surface area contributed by atoms with Gasteiger partial charge in [-0.2, -0.15) is 0 Å². The highest BCUT2D eigenvalue weighted by Gasteiger charge is 2.28. The molecule has 1 saturated heterocycles. The lowest BCUT2D eigenvalue weighted by atomic mass is 9.87. The van der Waals surface area contributed by atoms with Gasteiger partial charge in [0.1, 0.15) is 0 Å². The summed E-state index contributed by atoms with van der Waals surface area (Å²) in [5, 5.41) is 3.46. The van der Waals surface area contributed by atoms with Crippen molar-refractivity contribution in [2.45, 2.75) is 19.8 Å². The van der Waals surface area contributed by atoms with Gasteiger partial charge in [0.25, 0.3) is 0 Å². The molecule has 1 fully saturated rings. The average Bonchev–Trinajstić information content (AvgIpc) is 2.79. The minimum absolute atomic E-state index is 0.0509. The van der Waals surface area contributed by atoms with Crippen LogP contribution in [0.3, 0.4) is 0 Å². The summed E-state index contributed by atoms with van der Waals surface area (Å²) < 4.78 is 0. The molecule has 0 bridgehead atoms. The van der Waals surface area contributed by atoms with Gasteiger partial charge in [-0.3, -0.25) is 9.59 Å². The number of aromatic nitrogens is 2. The Labute approximate surface area is 186 Å². The van der Waals surface area contributed by atoms with Crippen molar-refractivity contribution in [2.75, 3.05) is 23.3 Å². The maximum Gasteiger partial charge on any atom is 0.225 e. The molecule has 1 aromatic heterocycles. The van der Waals surface area contributed by atoms with Crippen LogP contribution in [0, 0.1) is 5.92 Å². The van der Waals surface area contributed by atoms with Crippen LogP contribution in [0.25, 0.3) is 11.1 Å². The third-order valence-corrected chi connectivity index (χ3v) is 5.69. The Morgan fingerprint density at radius 3 is 2.39 bits per heavy atom. The van der Waals surface area contributed by atoms with Crippen LogP contribution in [0.15, 0.2) is 60.9 Å². The molecule has 0 radical (unpaired) electrons. The number of nitrogens with zero attached hydrogens (tertiary/aromatic N) is 3. The standard InChI is InChI=1S/C24H23ClN4O2/c1-16(30)28-22-15-19(18-4-2-5-20(25)14-18)6-7-21(22)23(31)17-8-12-29(13-9-17)24-26-10-3-11-27-24/h2-7,10-11,14-15,17H,8-9,12-13H2,1H3,(H,28,30). The summed E-state index contributed by atoms with van der Waals surface area (Å²) in [5.41, 5.74) is 2.88. The van der Waals surface area contributed by atoms with Crippen molar-refractivity contribution in [3.63, 3.8) is 0 Å². The number of piperidine rings is 1. The maximum absolute atomic E-state index is 13.3. The fraction of sp³-hybridized carbons (Fsp3) is 0.250. The second kappa shape index (κ2) is 9.27. The third-order valence-electron chi connectivity index (χ3n) is 5.45. The molecular weight excluding hydrogens is 412 g/mol. The minimum Gasteiger partial charge on any atom is -0.341 e. The van der Waals surface area contributed by atoms with Crippen molar-refractivity contribution in [3.8, 4) is 11.1 Å². The first-order valence-corrected chi connectivity index (χ1v) is 10.6. The number of nitrogens with one attached hydrogen (secondary N) is 1. The molecule has 0 spiro atoms. The Hall–Kier alpha value is -3.25. The van der Waals surface area contributed by atoms with Gasteiger partial charge in [0.2, 0.25) is 11.9 Å². The summed E-state index contributed by atoms with van der Waals surface area (Å²) in [7, 11) is 0. The van der Waals surface area contributed by atoms with E-state index < -0.39 is 0 Å². The first-order chi connectivity index (χ1) is 15.0. The van der Waals surface area contributed by atoms with Gasteiger partial charge in [0, 0.05) is 48.9 Å². The van der Waals surface area contributed by atoms with Gasteiger partial charge in [0.05, 0.1) is 5.69 Å². The fourth-order valence-electron chi connectivity index (χ4n) is 3.92. The van der Waals surface area contributed by atoms with Crippen molar-refractivity contribution in [3.05, 3.63) is 71.5 Å². The molecule has 31 heavy (non-hydrogen) atoms. The summed E-state index contributed by atoms with van der Waals surface area (Å²) in [5.74, 6) is 0.422.